The summed E-state index contributed by atoms with van der Waals surface area (Å²) in [4.78, 5) is 12.0. The summed E-state index contributed by atoms with van der Waals surface area (Å²) in [6.45, 7) is 5.85. The maximum Gasteiger partial charge on any atom is 0.224 e. The van der Waals surface area contributed by atoms with Crippen LogP contribution in [0.1, 0.15) is 26.3 Å². The highest BCUT2D eigenvalue weighted by molar-refractivity contribution is 5.78. The molecule has 0 saturated heterocycles. The molecule has 1 heterocycles. The zero-order valence-corrected chi connectivity index (χ0v) is 13.3. The molecule has 0 saturated carbocycles. The van der Waals surface area contributed by atoms with Crippen molar-refractivity contribution in [3.05, 3.63) is 48.3 Å². The molecule has 0 aliphatic carbocycles. The Labute approximate surface area is 131 Å². The normalized spacial score (nSPS) is 13.9. The van der Waals surface area contributed by atoms with E-state index in [1.54, 1.807) is 17.8 Å². The number of amides is 1. The van der Waals surface area contributed by atoms with Gasteiger partial charge in [0.05, 0.1) is 17.7 Å². The number of hydrogen-bond donors (Lipinski definition) is 2. The number of carbonyl (C=O) groups is 1. The molecule has 1 aromatic carbocycles. The zero-order chi connectivity index (χ0) is 16.2. The minimum absolute atomic E-state index is 0.0844. The summed E-state index contributed by atoms with van der Waals surface area (Å²) < 4.78 is 1.77. The number of aromatic nitrogens is 2. The van der Waals surface area contributed by atoms with Gasteiger partial charge in [-0.15, -0.1) is 0 Å². The molecule has 5 heteroatoms. The lowest BCUT2D eigenvalue weighted by Crippen LogP contribution is -2.44. The smallest absolute Gasteiger partial charge is 0.224 e. The number of aliphatic hydroxyl groups is 1. The lowest BCUT2D eigenvalue weighted by atomic mass is 9.92. The Morgan fingerprint density at radius 1 is 1.36 bits per heavy atom. The van der Waals surface area contributed by atoms with Crippen molar-refractivity contribution in [2.24, 2.45) is 5.92 Å². The van der Waals surface area contributed by atoms with Gasteiger partial charge in [0, 0.05) is 18.9 Å². The van der Waals surface area contributed by atoms with Gasteiger partial charge in [-0.2, -0.15) is 5.10 Å². The van der Waals surface area contributed by atoms with E-state index in [1.807, 2.05) is 50.4 Å². The first-order valence-electron chi connectivity index (χ1n) is 7.46. The molecule has 1 atom stereocenters. The third kappa shape index (κ3) is 4.18. The Hall–Kier alpha value is -2.14. The molecule has 2 rings (SSSR count). The number of benzene rings is 1. The van der Waals surface area contributed by atoms with E-state index in [0.29, 0.717) is 6.42 Å². The van der Waals surface area contributed by atoms with E-state index in [-0.39, 0.29) is 18.4 Å². The lowest BCUT2D eigenvalue weighted by molar-refractivity contribution is -0.122. The van der Waals surface area contributed by atoms with Crippen LogP contribution >= 0.6 is 0 Å². The highest BCUT2D eigenvalue weighted by Gasteiger charge is 2.25. The van der Waals surface area contributed by atoms with Gasteiger partial charge in [-0.1, -0.05) is 26.0 Å². The number of carbonyl (C=O) groups excluding carboxylic acids is 1. The van der Waals surface area contributed by atoms with Gasteiger partial charge in [0.1, 0.15) is 0 Å². The van der Waals surface area contributed by atoms with Crippen molar-refractivity contribution >= 4 is 5.91 Å². The van der Waals surface area contributed by atoms with Gasteiger partial charge >= 0.3 is 0 Å². The lowest BCUT2D eigenvalue weighted by Gasteiger charge is -2.27. The Balaban J connectivity index is 1.90. The van der Waals surface area contributed by atoms with E-state index in [0.717, 1.165) is 11.3 Å². The summed E-state index contributed by atoms with van der Waals surface area (Å²) in [5.74, 6) is -0.00563. The maximum atomic E-state index is 12.0. The predicted octanol–water partition coefficient (Wildman–Crippen LogP) is 1.94. The van der Waals surface area contributed by atoms with Gasteiger partial charge in [0.2, 0.25) is 5.91 Å². The Kier molecular flexibility index (Phi) is 4.98. The molecule has 1 amide bonds. The summed E-state index contributed by atoms with van der Waals surface area (Å²) >= 11 is 0. The number of nitrogens with one attached hydrogen (secondary N) is 1. The molecule has 0 bridgehead atoms. The molecular weight excluding hydrogens is 278 g/mol. The summed E-state index contributed by atoms with van der Waals surface area (Å²) in [7, 11) is 0. The van der Waals surface area contributed by atoms with E-state index < -0.39 is 5.60 Å². The van der Waals surface area contributed by atoms with Crippen LogP contribution in [0.2, 0.25) is 0 Å². The summed E-state index contributed by atoms with van der Waals surface area (Å²) in [5.41, 5.74) is 0.995. The molecular formula is C17H23N3O2. The van der Waals surface area contributed by atoms with E-state index in [4.69, 9.17) is 0 Å². The second-order valence-electron chi connectivity index (χ2n) is 6.08. The highest BCUT2D eigenvalue weighted by atomic mass is 16.3. The molecule has 2 aromatic rings. The second kappa shape index (κ2) is 6.75. The van der Waals surface area contributed by atoms with Crippen molar-refractivity contribution < 1.29 is 9.90 Å². The van der Waals surface area contributed by atoms with Crippen LogP contribution < -0.4 is 5.32 Å². The van der Waals surface area contributed by atoms with Crippen molar-refractivity contribution in [2.45, 2.75) is 32.8 Å². The van der Waals surface area contributed by atoms with Crippen molar-refractivity contribution in [3.8, 4) is 5.69 Å². The van der Waals surface area contributed by atoms with Gasteiger partial charge < -0.3 is 10.4 Å². The molecule has 0 spiro atoms. The monoisotopic (exact) mass is 301 g/mol. The minimum Gasteiger partial charge on any atom is -0.388 e. The quantitative estimate of drug-likeness (QED) is 0.857. The largest absolute Gasteiger partial charge is 0.388 e. The van der Waals surface area contributed by atoms with Crippen molar-refractivity contribution in [1.82, 2.24) is 15.1 Å². The molecule has 22 heavy (non-hydrogen) atoms. The van der Waals surface area contributed by atoms with Gasteiger partial charge in [-0.05, 0) is 36.6 Å². The first-order valence-corrected chi connectivity index (χ1v) is 7.46. The molecule has 0 aliphatic rings. The Bertz CT molecular complexity index is 601. The van der Waals surface area contributed by atoms with Crippen LogP contribution in [-0.4, -0.2) is 32.9 Å². The van der Waals surface area contributed by atoms with Gasteiger partial charge in [-0.25, -0.2) is 4.68 Å². The fraction of sp³-hybridized carbons (Fsp3) is 0.412. The van der Waals surface area contributed by atoms with Crippen LogP contribution in [0.25, 0.3) is 5.69 Å². The minimum atomic E-state index is -0.889. The average Bonchev–Trinajstić information content (AvgIpc) is 3.00. The molecule has 2 N–H and O–H groups in total. The Morgan fingerprint density at radius 3 is 2.59 bits per heavy atom. The molecule has 0 radical (unpaired) electrons. The fourth-order valence-electron chi connectivity index (χ4n) is 1.92. The van der Waals surface area contributed by atoms with Crippen LogP contribution in [0.15, 0.2) is 42.7 Å². The molecule has 1 unspecified atom stereocenters. The summed E-state index contributed by atoms with van der Waals surface area (Å²) in [6.07, 6.45) is 3.89. The van der Waals surface area contributed by atoms with E-state index in [9.17, 15) is 9.90 Å². The molecule has 1 aromatic heterocycles. The van der Waals surface area contributed by atoms with Crippen LogP contribution in [0.5, 0.6) is 0 Å². The SMILES string of the molecule is CC(C)C(C)(O)CNC(=O)Cc1ccc(-n2cccn2)cc1. The fourth-order valence-corrected chi connectivity index (χ4v) is 1.92. The summed E-state index contributed by atoms with van der Waals surface area (Å²) in [6, 6.07) is 9.55. The van der Waals surface area contributed by atoms with Gasteiger partial charge in [0.15, 0.2) is 0 Å². The standard InChI is InChI=1S/C17H23N3O2/c1-13(2)17(3,22)12-18-16(21)11-14-5-7-15(8-6-14)20-10-4-9-19-20/h4-10,13,22H,11-12H2,1-3H3,(H,18,21). The van der Waals surface area contributed by atoms with Gasteiger partial charge in [0.25, 0.3) is 0 Å². The van der Waals surface area contributed by atoms with E-state index in [1.165, 1.54) is 0 Å². The topological polar surface area (TPSA) is 67.2 Å². The maximum absolute atomic E-state index is 12.0. The van der Waals surface area contributed by atoms with Crippen molar-refractivity contribution in [3.63, 3.8) is 0 Å². The highest BCUT2D eigenvalue weighted by Crippen LogP contribution is 2.14. The summed E-state index contributed by atoms with van der Waals surface area (Å²) in [5, 5.41) is 17.1. The first kappa shape index (κ1) is 16.2. The number of rotatable bonds is 6. The third-order valence-corrected chi connectivity index (χ3v) is 3.96. The Morgan fingerprint density at radius 2 is 2.05 bits per heavy atom. The molecule has 0 aliphatic heterocycles. The van der Waals surface area contributed by atoms with Crippen molar-refractivity contribution in [1.29, 1.82) is 0 Å². The molecule has 0 fully saturated rings. The van der Waals surface area contributed by atoms with Crippen LogP contribution in [-0.2, 0) is 11.2 Å². The predicted molar refractivity (Wildman–Crippen MR) is 85.7 cm³/mol. The number of hydrogen-bond acceptors (Lipinski definition) is 3. The van der Waals surface area contributed by atoms with Crippen molar-refractivity contribution in [2.75, 3.05) is 6.54 Å². The van der Waals surface area contributed by atoms with Crippen LogP contribution in [0, 0.1) is 5.92 Å². The molecule has 5 nitrogen and oxygen atoms in total. The van der Waals surface area contributed by atoms with Gasteiger partial charge in [-0.3, -0.25) is 4.79 Å². The van der Waals surface area contributed by atoms with E-state index >= 15 is 0 Å². The zero-order valence-electron chi connectivity index (χ0n) is 13.3. The van der Waals surface area contributed by atoms with Crippen LogP contribution in [0.4, 0.5) is 0 Å². The van der Waals surface area contributed by atoms with Crippen LogP contribution in [0.3, 0.4) is 0 Å². The first-order chi connectivity index (χ1) is 10.4. The number of nitrogens with zero attached hydrogens (tertiary/aromatic N) is 2. The average molecular weight is 301 g/mol. The molecule has 118 valence electrons. The second-order valence-corrected chi connectivity index (χ2v) is 6.08. The third-order valence-electron chi connectivity index (χ3n) is 3.96. The van der Waals surface area contributed by atoms with E-state index in [2.05, 4.69) is 10.4 Å².